The third-order valence-electron chi connectivity index (χ3n) is 3.62. The van der Waals surface area contributed by atoms with E-state index in [9.17, 15) is 4.79 Å². The van der Waals surface area contributed by atoms with E-state index in [1.165, 1.54) is 0 Å². The van der Waals surface area contributed by atoms with Crippen LogP contribution in [0.2, 0.25) is 0 Å². The number of carbonyl (C=O) groups is 1. The van der Waals surface area contributed by atoms with Crippen LogP contribution in [0.5, 0.6) is 0 Å². The highest BCUT2D eigenvalue weighted by Gasteiger charge is 2.31. The van der Waals surface area contributed by atoms with Gasteiger partial charge in [-0.1, -0.05) is 34.1 Å². The Morgan fingerprint density at radius 1 is 1.35 bits per heavy atom. The maximum atomic E-state index is 12.0. The Bertz CT molecular complexity index is 663. The first-order valence-electron chi connectivity index (χ1n) is 6.69. The molecule has 5 heteroatoms. The minimum atomic E-state index is 0.0423. The molecule has 1 aliphatic heterocycles. The SMILES string of the molecule is CC(C)n1ncc2c1NC(=O)C[C@H]2c1ccccc1Br. The summed E-state index contributed by atoms with van der Waals surface area (Å²) in [6.45, 7) is 4.11. The molecule has 0 saturated heterocycles. The van der Waals surface area contributed by atoms with Gasteiger partial charge in [-0.3, -0.25) is 4.79 Å². The van der Waals surface area contributed by atoms with Crippen LogP contribution in [0.1, 0.15) is 43.4 Å². The molecule has 1 N–H and O–H groups in total. The fourth-order valence-corrected chi connectivity index (χ4v) is 3.23. The molecular formula is C15H16BrN3O. The van der Waals surface area contributed by atoms with Crippen molar-refractivity contribution >= 4 is 27.7 Å². The molecule has 2 aromatic rings. The maximum Gasteiger partial charge on any atom is 0.226 e. The molecule has 0 unspecified atom stereocenters. The average molecular weight is 334 g/mol. The first-order valence-corrected chi connectivity index (χ1v) is 7.49. The van der Waals surface area contributed by atoms with Gasteiger partial charge in [0.15, 0.2) is 0 Å². The van der Waals surface area contributed by atoms with Crippen molar-refractivity contribution in [2.75, 3.05) is 5.32 Å². The molecule has 104 valence electrons. The number of amides is 1. The first-order chi connectivity index (χ1) is 9.58. The summed E-state index contributed by atoms with van der Waals surface area (Å²) in [5, 5.41) is 7.38. The van der Waals surface area contributed by atoms with E-state index < -0.39 is 0 Å². The molecule has 0 aliphatic carbocycles. The van der Waals surface area contributed by atoms with Gasteiger partial charge >= 0.3 is 0 Å². The second kappa shape index (κ2) is 5.05. The third kappa shape index (κ3) is 2.16. The second-order valence-corrected chi connectivity index (χ2v) is 6.17. The fraction of sp³-hybridized carbons (Fsp3) is 0.333. The van der Waals surface area contributed by atoms with Gasteiger partial charge in [-0.15, -0.1) is 0 Å². The summed E-state index contributed by atoms with van der Waals surface area (Å²) in [5.41, 5.74) is 2.22. The lowest BCUT2D eigenvalue weighted by atomic mass is 9.87. The Labute approximate surface area is 126 Å². The number of carbonyl (C=O) groups excluding carboxylic acids is 1. The zero-order valence-electron chi connectivity index (χ0n) is 11.4. The van der Waals surface area contributed by atoms with Crippen LogP contribution in [-0.4, -0.2) is 15.7 Å². The van der Waals surface area contributed by atoms with Crippen molar-refractivity contribution in [1.29, 1.82) is 0 Å². The highest BCUT2D eigenvalue weighted by molar-refractivity contribution is 9.10. The van der Waals surface area contributed by atoms with Gasteiger partial charge in [-0.2, -0.15) is 5.10 Å². The second-order valence-electron chi connectivity index (χ2n) is 5.31. The van der Waals surface area contributed by atoms with Crippen molar-refractivity contribution in [1.82, 2.24) is 9.78 Å². The van der Waals surface area contributed by atoms with E-state index in [4.69, 9.17) is 0 Å². The van der Waals surface area contributed by atoms with E-state index in [0.717, 1.165) is 21.4 Å². The lowest BCUT2D eigenvalue weighted by Crippen LogP contribution is -2.25. The number of nitrogens with zero attached hydrogens (tertiary/aromatic N) is 2. The molecule has 1 atom stereocenters. The maximum absolute atomic E-state index is 12.0. The molecule has 1 aromatic heterocycles. The molecule has 0 radical (unpaired) electrons. The van der Waals surface area contributed by atoms with E-state index in [-0.39, 0.29) is 17.9 Å². The number of benzene rings is 1. The Morgan fingerprint density at radius 3 is 2.80 bits per heavy atom. The molecule has 20 heavy (non-hydrogen) atoms. The van der Waals surface area contributed by atoms with Gasteiger partial charge in [0.25, 0.3) is 0 Å². The van der Waals surface area contributed by atoms with Crippen LogP contribution in [0.4, 0.5) is 5.82 Å². The lowest BCUT2D eigenvalue weighted by Gasteiger charge is -2.25. The van der Waals surface area contributed by atoms with Crippen LogP contribution in [-0.2, 0) is 4.79 Å². The van der Waals surface area contributed by atoms with E-state index in [0.29, 0.717) is 6.42 Å². The fourth-order valence-electron chi connectivity index (χ4n) is 2.67. The molecule has 1 aliphatic rings. The first kappa shape index (κ1) is 13.4. The van der Waals surface area contributed by atoms with Crippen LogP contribution >= 0.6 is 15.9 Å². The van der Waals surface area contributed by atoms with Crippen LogP contribution in [0.25, 0.3) is 0 Å². The standard InChI is InChI=1S/C15H16BrN3O/c1-9(2)19-15-12(8-17-19)11(7-14(20)18-15)10-5-3-4-6-13(10)16/h3-6,8-9,11H,7H2,1-2H3,(H,18,20)/t11-/m0/s1. The molecule has 4 nitrogen and oxygen atoms in total. The van der Waals surface area contributed by atoms with Crippen LogP contribution in [0.3, 0.4) is 0 Å². The minimum absolute atomic E-state index is 0.0423. The largest absolute Gasteiger partial charge is 0.311 e. The molecule has 0 fully saturated rings. The molecule has 3 rings (SSSR count). The third-order valence-corrected chi connectivity index (χ3v) is 4.34. The molecule has 0 spiro atoms. The zero-order valence-corrected chi connectivity index (χ0v) is 13.0. The number of anilines is 1. The molecule has 0 bridgehead atoms. The topological polar surface area (TPSA) is 46.9 Å². The minimum Gasteiger partial charge on any atom is -0.311 e. The number of fused-ring (bicyclic) bond motifs is 1. The Hall–Kier alpha value is -1.62. The molecule has 1 aromatic carbocycles. The van der Waals surface area contributed by atoms with E-state index in [2.05, 4.69) is 46.3 Å². The normalized spacial score (nSPS) is 18.0. The number of rotatable bonds is 2. The quantitative estimate of drug-likeness (QED) is 0.910. The van der Waals surface area contributed by atoms with Crippen molar-refractivity contribution in [2.24, 2.45) is 0 Å². The number of nitrogens with one attached hydrogen (secondary N) is 1. The predicted molar refractivity (Wildman–Crippen MR) is 81.8 cm³/mol. The predicted octanol–water partition coefficient (Wildman–Crippen LogP) is 3.70. The van der Waals surface area contributed by atoms with E-state index in [1.807, 2.05) is 29.1 Å². The Balaban J connectivity index is 2.12. The summed E-state index contributed by atoms with van der Waals surface area (Å²) >= 11 is 3.58. The lowest BCUT2D eigenvalue weighted by molar-refractivity contribution is -0.116. The monoisotopic (exact) mass is 333 g/mol. The molecule has 0 saturated carbocycles. The number of aromatic nitrogens is 2. The van der Waals surface area contributed by atoms with Gasteiger partial charge in [0.2, 0.25) is 5.91 Å². The Morgan fingerprint density at radius 2 is 2.10 bits per heavy atom. The van der Waals surface area contributed by atoms with Gasteiger partial charge in [-0.25, -0.2) is 4.68 Å². The van der Waals surface area contributed by atoms with Crippen molar-refractivity contribution < 1.29 is 4.79 Å². The van der Waals surface area contributed by atoms with Gasteiger partial charge in [0, 0.05) is 28.4 Å². The summed E-state index contributed by atoms with van der Waals surface area (Å²) in [6, 6.07) is 8.27. The highest BCUT2D eigenvalue weighted by atomic mass is 79.9. The van der Waals surface area contributed by atoms with Crippen molar-refractivity contribution in [3.05, 3.63) is 46.1 Å². The number of halogens is 1. The van der Waals surface area contributed by atoms with Gasteiger partial charge in [-0.05, 0) is 25.5 Å². The van der Waals surface area contributed by atoms with E-state index >= 15 is 0 Å². The smallest absolute Gasteiger partial charge is 0.226 e. The van der Waals surface area contributed by atoms with Gasteiger partial charge in [0.1, 0.15) is 5.82 Å². The van der Waals surface area contributed by atoms with Crippen molar-refractivity contribution in [3.8, 4) is 0 Å². The van der Waals surface area contributed by atoms with Crippen LogP contribution < -0.4 is 5.32 Å². The summed E-state index contributed by atoms with van der Waals surface area (Å²) in [5.74, 6) is 0.930. The number of hydrogen-bond acceptors (Lipinski definition) is 2. The summed E-state index contributed by atoms with van der Waals surface area (Å²) in [7, 11) is 0. The van der Waals surface area contributed by atoms with Crippen molar-refractivity contribution in [3.63, 3.8) is 0 Å². The van der Waals surface area contributed by atoms with Gasteiger partial charge in [0.05, 0.1) is 6.20 Å². The summed E-state index contributed by atoms with van der Waals surface area (Å²) < 4.78 is 2.90. The van der Waals surface area contributed by atoms with Gasteiger partial charge < -0.3 is 5.32 Å². The van der Waals surface area contributed by atoms with E-state index in [1.54, 1.807) is 0 Å². The molecule has 1 amide bonds. The summed E-state index contributed by atoms with van der Waals surface area (Å²) in [4.78, 5) is 12.0. The van der Waals surface area contributed by atoms with Crippen LogP contribution in [0, 0.1) is 0 Å². The average Bonchev–Trinajstić information content (AvgIpc) is 2.82. The molecular weight excluding hydrogens is 318 g/mol. The Kier molecular flexibility index (Phi) is 3.38. The highest BCUT2D eigenvalue weighted by Crippen LogP contribution is 2.40. The van der Waals surface area contributed by atoms with Crippen molar-refractivity contribution in [2.45, 2.75) is 32.2 Å². The molecule has 2 heterocycles. The van der Waals surface area contributed by atoms with Crippen LogP contribution in [0.15, 0.2) is 34.9 Å². The summed E-state index contributed by atoms with van der Waals surface area (Å²) in [6.07, 6.45) is 2.33. The number of hydrogen-bond donors (Lipinski definition) is 1. The zero-order chi connectivity index (χ0) is 14.3.